The van der Waals surface area contributed by atoms with Gasteiger partial charge in [0.25, 0.3) is 0 Å². The van der Waals surface area contributed by atoms with E-state index in [1.165, 1.54) is 12.5 Å². The molecule has 1 amide bonds. The molecule has 6 nitrogen and oxygen atoms in total. The SMILES string of the molecule is CCn1c(CN2CCN(Cc3ccccc3)CC2)nc2cc(NC(C)=O)ccc21. The molecule has 1 aliphatic rings. The van der Waals surface area contributed by atoms with Gasteiger partial charge in [0.05, 0.1) is 17.6 Å². The van der Waals surface area contributed by atoms with E-state index < -0.39 is 0 Å². The Morgan fingerprint density at radius 3 is 2.34 bits per heavy atom. The number of hydrogen-bond acceptors (Lipinski definition) is 4. The molecule has 2 heterocycles. The van der Waals surface area contributed by atoms with Crippen molar-refractivity contribution >= 4 is 22.6 Å². The van der Waals surface area contributed by atoms with Crippen molar-refractivity contribution in [2.45, 2.75) is 33.5 Å². The van der Waals surface area contributed by atoms with Crippen LogP contribution >= 0.6 is 0 Å². The van der Waals surface area contributed by atoms with Crippen LogP contribution in [-0.2, 0) is 24.4 Å². The molecule has 0 aliphatic carbocycles. The summed E-state index contributed by atoms with van der Waals surface area (Å²) in [6.45, 7) is 10.7. The number of nitrogens with one attached hydrogen (secondary N) is 1. The molecule has 1 aliphatic heterocycles. The first-order valence-electron chi connectivity index (χ1n) is 10.4. The summed E-state index contributed by atoms with van der Waals surface area (Å²) in [7, 11) is 0. The molecule has 6 heteroatoms. The van der Waals surface area contributed by atoms with E-state index in [0.29, 0.717) is 0 Å². The van der Waals surface area contributed by atoms with E-state index in [-0.39, 0.29) is 5.91 Å². The molecule has 0 bridgehead atoms. The van der Waals surface area contributed by atoms with Gasteiger partial charge < -0.3 is 9.88 Å². The third-order valence-corrected chi connectivity index (χ3v) is 5.54. The molecule has 0 unspecified atom stereocenters. The van der Waals surface area contributed by atoms with E-state index in [1.807, 2.05) is 12.1 Å². The van der Waals surface area contributed by atoms with Gasteiger partial charge in [-0.2, -0.15) is 0 Å². The van der Waals surface area contributed by atoms with Gasteiger partial charge in [-0.3, -0.25) is 14.6 Å². The number of imidazole rings is 1. The van der Waals surface area contributed by atoms with Crippen LogP contribution in [0.3, 0.4) is 0 Å². The normalized spacial score (nSPS) is 15.7. The maximum absolute atomic E-state index is 11.3. The smallest absolute Gasteiger partial charge is 0.221 e. The predicted molar refractivity (Wildman–Crippen MR) is 117 cm³/mol. The summed E-state index contributed by atoms with van der Waals surface area (Å²) in [5.74, 6) is 1.03. The molecule has 0 saturated carbocycles. The fourth-order valence-corrected chi connectivity index (χ4v) is 4.08. The largest absolute Gasteiger partial charge is 0.327 e. The minimum Gasteiger partial charge on any atom is -0.327 e. The summed E-state index contributed by atoms with van der Waals surface area (Å²) >= 11 is 0. The van der Waals surface area contributed by atoms with Crippen LogP contribution in [0.4, 0.5) is 5.69 Å². The zero-order valence-electron chi connectivity index (χ0n) is 17.3. The van der Waals surface area contributed by atoms with Crippen LogP contribution in [0.1, 0.15) is 25.2 Å². The molecule has 0 spiro atoms. The van der Waals surface area contributed by atoms with Crippen LogP contribution in [0.25, 0.3) is 11.0 Å². The first-order chi connectivity index (χ1) is 14.1. The Balaban J connectivity index is 1.42. The predicted octanol–water partition coefficient (Wildman–Crippen LogP) is 3.33. The summed E-state index contributed by atoms with van der Waals surface area (Å²) in [6.07, 6.45) is 0. The quantitative estimate of drug-likeness (QED) is 0.700. The van der Waals surface area contributed by atoms with Crippen LogP contribution in [0.5, 0.6) is 0 Å². The highest BCUT2D eigenvalue weighted by atomic mass is 16.1. The molecule has 2 aromatic carbocycles. The standard InChI is InChI=1S/C23H29N5O/c1-3-28-22-10-9-20(24-18(2)29)15-21(22)25-23(28)17-27-13-11-26(12-14-27)16-19-7-5-4-6-8-19/h4-10,15H,3,11-14,16-17H2,1-2H3,(H,24,29). The fourth-order valence-electron chi connectivity index (χ4n) is 4.08. The van der Waals surface area contributed by atoms with Crippen molar-refractivity contribution in [1.82, 2.24) is 19.4 Å². The average Bonchev–Trinajstić information content (AvgIpc) is 3.06. The zero-order chi connectivity index (χ0) is 20.2. The van der Waals surface area contributed by atoms with Crippen LogP contribution in [-0.4, -0.2) is 51.4 Å². The number of nitrogens with zero attached hydrogens (tertiary/aromatic N) is 4. The Labute approximate surface area is 172 Å². The van der Waals surface area contributed by atoms with Crippen molar-refractivity contribution in [1.29, 1.82) is 0 Å². The third kappa shape index (κ3) is 4.66. The van der Waals surface area contributed by atoms with E-state index in [9.17, 15) is 4.79 Å². The number of aryl methyl sites for hydroxylation is 1. The summed E-state index contributed by atoms with van der Waals surface area (Å²) in [4.78, 5) is 21.2. The Bertz CT molecular complexity index is 974. The van der Waals surface area contributed by atoms with Crippen LogP contribution in [0.15, 0.2) is 48.5 Å². The number of fused-ring (bicyclic) bond motifs is 1. The Morgan fingerprint density at radius 1 is 1.00 bits per heavy atom. The lowest BCUT2D eigenvalue weighted by Gasteiger charge is -2.34. The minimum absolute atomic E-state index is 0.0622. The molecule has 0 radical (unpaired) electrons. The number of rotatable bonds is 6. The second-order valence-corrected chi connectivity index (χ2v) is 7.69. The second kappa shape index (κ2) is 8.76. The highest BCUT2D eigenvalue weighted by Crippen LogP contribution is 2.22. The van der Waals surface area contributed by atoms with Crippen molar-refractivity contribution in [2.24, 2.45) is 0 Å². The fraction of sp³-hybridized carbons (Fsp3) is 0.391. The number of aromatic nitrogens is 2. The van der Waals surface area contributed by atoms with Crippen molar-refractivity contribution in [3.8, 4) is 0 Å². The number of carbonyl (C=O) groups is 1. The molecule has 29 heavy (non-hydrogen) atoms. The molecule has 1 aromatic heterocycles. The lowest BCUT2D eigenvalue weighted by atomic mass is 10.2. The maximum atomic E-state index is 11.3. The van der Waals surface area contributed by atoms with Crippen molar-refractivity contribution in [3.05, 3.63) is 59.9 Å². The number of piperazine rings is 1. The van der Waals surface area contributed by atoms with Crippen molar-refractivity contribution < 1.29 is 4.79 Å². The second-order valence-electron chi connectivity index (χ2n) is 7.69. The number of anilines is 1. The first-order valence-corrected chi connectivity index (χ1v) is 10.4. The van der Waals surface area contributed by atoms with Gasteiger partial charge >= 0.3 is 0 Å². The number of hydrogen-bond donors (Lipinski definition) is 1. The van der Waals surface area contributed by atoms with Gasteiger partial charge in [0.1, 0.15) is 5.82 Å². The number of carbonyl (C=O) groups excluding carboxylic acids is 1. The van der Waals surface area contributed by atoms with Crippen LogP contribution in [0, 0.1) is 0 Å². The Hall–Kier alpha value is -2.70. The highest BCUT2D eigenvalue weighted by Gasteiger charge is 2.20. The molecule has 1 fully saturated rings. The summed E-state index contributed by atoms with van der Waals surface area (Å²) < 4.78 is 2.28. The maximum Gasteiger partial charge on any atom is 0.221 e. The molecule has 3 aromatic rings. The number of benzene rings is 2. The van der Waals surface area contributed by atoms with Gasteiger partial charge in [-0.1, -0.05) is 30.3 Å². The monoisotopic (exact) mass is 391 g/mol. The van der Waals surface area contributed by atoms with E-state index in [1.54, 1.807) is 0 Å². The van der Waals surface area contributed by atoms with E-state index in [2.05, 4.69) is 63.0 Å². The summed E-state index contributed by atoms with van der Waals surface area (Å²) in [5, 5.41) is 2.85. The molecular weight excluding hydrogens is 362 g/mol. The molecule has 1 N–H and O–H groups in total. The highest BCUT2D eigenvalue weighted by molar-refractivity contribution is 5.91. The van der Waals surface area contributed by atoms with Gasteiger partial charge in [-0.15, -0.1) is 0 Å². The van der Waals surface area contributed by atoms with Gasteiger partial charge in [0.15, 0.2) is 0 Å². The van der Waals surface area contributed by atoms with E-state index in [0.717, 1.165) is 68.4 Å². The molecule has 152 valence electrons. The topological polar surface area (TPSA) is 53.4 Å². The van der Waals surface area contributed by atoms with Crippen LogP contribution < -0.4 is 5.32 Å². The minimum atomic E-state index is -0.0622. The molecule has 1 saturated heterocycles. The molecule has 4 rings (SSSR count). The first kappa shape index (κ1) is 19.6. The zero-order valence-corrected chi connectivity index (χ0v) is 17.3. The summed E-state index contributed by atoms with van der Waals surface area (Å²) in [6, 6.07) is 16.7. The van der Waals surface area contributed by atoms with Gasteiger partial charge in [0.2, 0.25) is 5.91 Å². The van der Waals surface area contributed by atoms with Gasteiger partial charge in [-0.25, -0.2) is 4.98 Å². The lowest BCUT2D eigenvalue weighted by molar-refractivity contribution is -0.114. The lowest BCUT2D eigenvalue weighted by Crippen LogP contribution is -2.45. The molecular formula is C23H29N5O. The Morgan fingerprint density at radius 2 is 1.69 bits per heavy atom. The van der Waals surface area contributed by atoms with Crippen molar-refractivity contribution in [2.75, 3.05) is 31.5 Å². The third-order valence-electron chi connectivity index (χ3n) is 5.54. The Kier molecular flexibility index (Phi) is 5.92. The van der Waals surface area contributed by atoms with E-state index >= 15 is 0 Å². The van der Waals surface area contributed by atoms with Gasteiger partial charge in [0, 0.05) is 51.9 Å². The number of amides is 1. The van der Waals surface area contributed by atoms with Crippen molar-refractivity contribution in [3.63, 3.8) is 0 Å². The average molecular weight is 392 g/mol. The molecule has 0 atom stereocenters. The van der Waals surface area contributed by atoms with E-state index in [4.69, 9.17) is 4.98 Å². The van der Waals surface area contributed by atoms with Crippen LogP contribution in [0.2, 0.25) is 0 Å². The van der Waals surface area contributed by atoms with Gasteiger partial charge in [-0.05, 0) is 30.7 Å². The summed E-state index contributed by atoms with van der Waals surface area (Å²) in [5.41, 5.74) is 4.24.